The lowest BCUT2D eigenvalue weighted by molar-refractivity contribution is -0.132. The van der Waals surface area contributed by atoms with E-state index in [1.807, 2.05) is 47.4 Å². The minimum absolute atomic E-state index is 0.0626. The van der Waals surface area contributed by atoms with Crippen LogP contribution in [0.15, 0.2) is 48.5 Å². The van der Waals surface area contributed by atoms with Crippen LogP contribution in [0.1, 0.15) is 52.0 Å². The number of ketones is 1. The summed E-state index contributed by atoms with van der Waals surface area (Å²) in [6, 6.07) is 15.5. The minimum atomic E-state index is -0.483. The van der Waals surface area contributed by atoms with E-state index >= 15 is 0 Å². The van der Waals surface area contributed by atoms with Gasteiger partial charge in [0.25, 0.3) is 0 Å². The van der Waals surface area contributed by atoms with Crippen LogP contribution in [-0.4, -0.2) is 28.3 Å². The van der Waals surface area contributed by atoms with Crippen molar-refractivity contribution >= 4 is 11.7 Å². The van der Waals surface area contributed by atoms with Crippen LogP contribution in [0.3, 0.4) is 0 Å². The van der Waals surface area contributed by atoms with E-state index in [0.29, 0.717) is 12.0 Å². The Balaban J connectivity index is 1.61. The fourth-order valence-corrected chi connectivity index (χ4v) is 4.06. The van der Waals surface area contributed by atoms with Gasteiger partial charge in [0.15, 0.2) is 5.78 Å². The van der Waals surface area contributed by atoms with Gasteiger partial charge in [0, 0.05) is 5.56 Å². The molecule has 4 nitrogen and oxygen atoms in total. The highest BCUT2D eigenvalue weighted by atomic mass is 16.3. The summed E-state index contributed by atoms with van der Waals surface area (Å²) in [4.78, 5) is 26.6. The molecule has 2 aromatic carbocycles. The molecule has 1 fully saturated rings. The molecule has 4 heteroatoms. The molecule has 2 atom stereocenters. The lowest BCUT2D eigenvalue weighted by Crippen LogP contribution is -2.29. The van der Waals surface area contributed by atoms with Crippen molar-refractivity contribution in [3.8, 4) is 0 Å². The number of aliphatic hydroxyl groups excluding tert-OH is 1. The van der Waals surface area contributed by atoms with Gasteiger partial charge in [-0.15, -0.1) is 0 Å². The number of hydrogen-bond acceptors (Lipinski definition) is 3. The zero-order valence-electron chi connectivity index (χ0n) is 13.3. The Kier molecular flexibility index (Phi) is 3.69. The Morgan fingerprint density at radius 3 is 2.42 bits per heavy atom. The second kappa shape index (κ2) is 5.87. The zero-order valence-corrected chi connectivity index (χ0v) is 13.3. The predicted molar refractivity (Wildman–Crippen MR) is 89.6 cm³/mol. The van der Waals surface area contributed by atoms with Crippen molar-refractivity contribution in [1.29, 1.82) is 0 Å². The van der Waals surface area contributed by atoms with E-state index in [1.54, 1.807) is 6.07 Å². The largest absolute Gasteiger partial charge is 0.388 e. The molecule has 1 N–H and O–H groups in total. The Hall–Kier alpha value is -2.46. The molecule has 122 valence electrons. The molecular formula is C20H19NO3. The second-order valence-electron chi connectivity index (χ2n) is 6.50. The van der Waals surface area contributed by atoms with Crippen molar-refractivity contribution in [2.75, 3.05) is 6.61 Å². The number of Topliss-reactive ketones (excluding diaryl/α,β-unsaturated/α-hetero) is 1. The normalized spacial score (nSPS) is 21.0. The summed E-state index contributed by atoms with van der Waals surface area (Å²) in [6.45, 7) is -0.483. The fourth-order valence-electron chi connectivity index (χ4n) is 4.06. The van der Waals surface area contributed by atoms with Crippen molar-refractivity contribution in [2.45, 2.75) is 31.3 Å². The van der Waals surface area contributed by atoms with Crippen LogP contribution >= 0.6 is 0 Å². The van der Waals surface area contributed by atoms with Gasteiger partial charge in [-0.3, -0.25) is 9.59 Å². The van der Waals surface area contributed by atoms with Gasteiger partial charge < -0.3 is 10.0 Å². The lowest BCUT2D eigenvalue weighted by atomic mass is 9.90. The molecule has 2 aliphatic rings. The average Bonchev–Trinajstić information content (AvgIpc) is 3.18. The summed E-state index contributed by atoms with van der Waals surface area (Å²) in [7, 11) is 0. The van der Waals surface area contributed by atoms with E-state index in [-0.39, 0.29) is 23.8 Å². The minimum Gasteiger partial charge on any atom is -0.388 e. The number of nitrogens with zero attached hydrogens (tertiary/aromatic N) is 1. The molecule has 2 heterocycles. The van der Waals surface area contributed by atoms with Crippen LogP contribution in [0.5, 0.6) is 0 Å². The third-order valence-electron chi connectivity index (χ3n) is 5.14. The number of carbonyl (C=O) groups excluding carboxylic acids is 2. The molecule has 0 aliphatic carbocycles. The lowest BCUT2D eigenvalue weighted by Gasteiger charge is -2.22. The van der Waals surface area contributed by atoms with Crippen LogP contribution in [-0.2, 0) is 11.2 Å². The topological polar surface area (TPSA) is 57.6 Å². The fraction of sp³-hybridized carbons (Fsp3) is 0.300. The standard InChI is InChI=1S/C20H19NO3/c22-12-19(23)14-6-7-15-16(11-14)18-9-8-17(15)21(18)20(24)10-13-4-2-1-3-5-13/h1-7,11,17-18,22H,8-10,12H2. The molecule has 0 radical (unpaired) electrons. The van der Waals surface area contributed by atoms with Crippen molar-refractivity contribution in [1.82, 2.24) is 4.90 Å². The Bertz CT molecular complexity index is 800. The maximum atomic E-state index is 12.8. The maximum Gasteiger partial charge on any atom is 0.228 e. The van der Waals surface area contributed by atoms with Gasteiger partial charge in [-0.1, -0.05) is 42.5 Å². The molecule has 2 unspecified atom stereocenters. The number of amides is 1. The highest BCUT2D eigenvalue weighted by Gasteiger charge is 2.46. The summed E-state index contributed by atoms with van der Waals surface area (Å²) >= 11 is 0. The highest BCUT2D eigenvalue weighted by Crippen LogP contribution is 2.53. The Morgan fingerprint density at radius 2 is 1.71 bits per heavy atom. The van der Waals surface area contributed by atoms with Crippen molar-refractivity contribution in [2.24, 2.45) is 0 Å². The van der Waals surface area contributed by atoms with Crippen molar-refractivity contribution in [3.05, 3.63) is 70.8 Å². The van der Waals surface area contributed by atoms with Gasteiger partial charge in [-0.25, -0.2) is 0 Å². The number of hydrogen-bond donors (Lipinski definition) is 1. The van der Waals surface area contributed by atoms with Gasteiger partial charge in [0.05, 0.1) is 18.5 Å². The van der Waals surface area contributed by atoms with Crippen molar-refractivity contribution < 1.29 is 14.7 Å². The third kappa shape index (κ3) is 2.34. The zero-order chi connectivity index (χ0) is 16.7. The number of aliphatic hydroxyl groups is 1. The van der Waals surface area contributed by atoms with E-state index in [0.717, 1.165) is 29.5 Å². The highest BCUT2D eigenvalue weighted by molar-refractivity contribution is 5.97. The van der Waals surface area contributed by atoms with E-state index in [9.17, 15) is 9.59 Å². The van der Waals surface area contributed by atoms with Crippen LogP contribution in [0.25, 0.3) is 0 Å². The van der Waals surface area contributed by atoms with E-state index < -0.39 is 6.61 Å². The summed E-state index contributed by atoms with van der Waals surface area (Å²) in [5, 5.41) is 9.06. The van der Waals surface area contributed by atoms with Crippen LogP contribution in [0.4, 0.5) is 0 Å². The van der Waals surface area contributed by atoms with Gasteiger partial charge in [0.1, 0.15) is 6.61 Å². The molecule has 24 heavy (non-hydrogen) atoms. The SMILES string of the molecule is O=C(CO)c1ccc2c(c1)C1CCC2N1C(=O)Cc1ccccc1. The second-order valence-corrected chi connectivity index (χ2v) is 6.50. The summed E-state index contributed by atoms with van der Waals surface area (Å²) < 4.78 is 0. The van der Waals surface area contributed by atoms with Crippen LogP contribution < -0.4 is 0 Å². The molecule has 0 spiro atoms. The first-order valence-electron chi connectivity index (χ1n) is 8.32. The van der Waals surface area contributed by atoms with Gasteiger partial charge in [-0.2, -0.15) is 0 Å². The molecule has 4 rings (SSSR count). The maximum absolute atomic E-state index is 12.8. The number of carbonyl (C=O) groups is 2. The quantitative estimate of drug-likeness (QED) is 0.881. The molecule has 2 bridgehead atoms. The number of benzene rings is 2. The number of fused-ring (bicyclic) bond motifs is 5. The Morgan fingerprint density at radius 1 is 1.00 bits per heavy atom. The first-order chi connectivity index (χ1) is 11.7. The molecule has 0 saturated carbocycles. The average molecular weight is 321 g/mol. The monoisotopic (exact) mass is 321 g/mol. The molecule has 0 aromatic heterocycles. The van der Waals surface area contributed by atoms with Gasteiger partial charge in [0.2, 0.25) is 5.91 Å². The number of rotatable bonds is 4. The van der Waals surface area contributed by atoms with Crippen LogP contribution in [0, 0.1) is 0 Å². The van der Waals surface area contributed by atoms with E-state index in [4.69, 9.17) is 5.11 Å². The van der Waals surface area contributed by atoms with Gasteiger partial charge in [-0.05, 0) is 35.6 Å². The van der Waals surface area contributed by atoms with Crippen LogP contribution in [0.2, 0.25) is 0 Å². The molecule has 1 amide bonds. The molecule has 2 aliphatic heterocycles. The summed E-state index contributed by atoms with van der Waals surface area (Å²) in [5.41, 5.74) is 3.78. The molecular weight excluding hydrogens is 302 g/mol. The smallest absolute Gasteiger partial charge is 0.228 e. The Labute approximate surface area is 140 Å². The first kappa shape index (κ1) is 15.1. The predicted octanol–water partition coefficient (Wildman–Crippen LogP) is 2.82. The molecule has 1 saturated heterocycles. The third-order valence-corrected chi connectivity index (χ3v) is 5.14. The first-order valence-corrected chi connectivity index (χ1v) is 8.32. The summed E-state index contributed by atoms with van der Waals surface area (Å²) in [5.74, 6) is -0.136. The van der Waals surface area contributed by atoms with E-state index in [2.05, 4.69) is 0 Å². The van der Waals surface area contributed by atoms with Crippen molar-refractivity contribution in [3.63, 3.8) is 0 Å². The van der Waals surface area contributed by atoms with E-state index in [1.165, 1.54) is 0 Å². The summed E-state index contributed by atoms with van der Waals surface area (Å²) in [6.07, 6.45) is 2.32. The molecule has 2 aromatic rings. The van der Waals surface area contributed by atoms with Gasteiger partial charge >= 0.3 is 0 Å².